The molecule has 1 aromatic heterocycles. The average Bonchev–Trinajstić information content (AvgIpc) is 3.11. The Morgan fingerprint density at radius 2 is 1.86 bits per heavy atom. The molecule has 0 saturated carbocycles. The van der Waals surface area contributed by atoms with Gasteiger partial charge in [-0.15, -0.1) is 0 Å². The third-order valence-corrected chi connectivity index (χ3v) is 6.26. The molecule has 0 bridgehead atoms. The molecular weight excluding hydrogens is 365 g/mol. The minimum atomic E-state index is -0.502. The lowest BCUT2D eigenvalue weighted by Gasteiger charge is -2.40. The number of halogens is 1. The molecule has 0 aliphatic carbocycles. The molecule has 1 amide bonds. The van der Waals surface area contributed by atoms with E-state index in [0.717, 1.165) is 33.3 Å². The molecule has 4 nitrogen and oxygen atoms in total. The van der Waals surface area contributed by atoms with Crippen molar-refractivity contribution in [3.63, 3.8) is 0 Å². The number of H-pyrrole nitrogens is 1. The van der Waals surface area contributed by atoms with Crippen LogP contribution in [-0.2, 0) is 0 Å². The van der Waals surface area contributed by atoms with Crippen LogP contribution in [0.5, 0.6) is 0 Å². The summed E-state index contributed by atoms with van der Waals surface area (Å²) in [5.41, 5.74) is 7.28. The largest absolute Gasteiger partial charge is 0.360 e. The summed E-state index contributed by atoms with van der Waals surface area (Å²) < 4.78 is 14.3. The number of amides is 1. The van der Waals surface area contributed by atoms with Crippen LogP contribution in [0.1, 0.15) is 38.8 Å². The summed E-state index contributed by atoms with van der Waals surface area (Å²) in [4.78, 5) is 18.2. The van der Waals surface area contributed by atoms with E-state index in [1.807, 2.05) is 18.2 Å². The number of carbonyl (C=O) groups is 1. The Kier molecular flexibility index (Phi) is 3.09. The smallest absolute Gasteiger partial charge is 0.264 e. The number of anilines is 1. The van der Waals surface area contributed by atoms with Gasteiger partial charge in [-0.2, -0.15) is 0 Å². The second-order valence-corrected chi connectivity index (χ2v) is 7.74. The Bertz CT molecular complexity index is 1400. The first kappa shape index (κ1) is 16.4. The molecule has 0 radical (unpaired) electrons. The molecule has 0 fully saturated rings. The Hall–Kier alpha value is -3.60. The summed E-state index contributed by atoms with van der Waals surface area (Å²) in [5, 5.41) is 5.74. The molecule has 142 valence electrons. The summed E-state index contributed by atoms with van der Waals surface area (Å²) >= 11 is 0. The van der Waals surface area contributed by atoms with Gasteiger partial charge in [0.1, 0.15) is 12.0 Å². The first-order chi connectivity index (χ1) is 14.1. The van der Waals surface area contributed by atoms with Gasteiger partial charge in [-0.3, -0.25) is 9.69 Å². The number of carbonyl (C=O) groups excluding carboxylic acids is 1. The molecule has 29 heavy (non-hydrogen) atoms. The van der Waals surface area contributed by atoms with Crippen LogP contribution in [0.4, 0.5) is 10.1 Å². The summed E-state index contributed by atoms with van der Waals surface area (Å²) in [7, 11) is 0. The maximum atomic E-state index is 14.3. The van der Waals surface area contributed by atoms with E-state index in [2.05, 4.69) is 36.3 Å². The highest BCUT2D eigenvalue weighted by Gasteiger charge is 2.38. The topological polar surface area (TPSA) is 48.1 Å². The number of hydrogen-bond donors (Lipinski definition) is 2. The van der Waals surface area contributed by atoms with E-state index in [9.17, 15) is 9.18 Å². The van der Waals surface area contributed by atoms with Crippen LogP contribution in [0, 0.1) is 19.7 Å². The Labute approximate surface area is 166 Å². The van der Waals surface area contributed by atoms with Gasteiger partial charge in [-0.25, -0.2) is 4.39 Å². The van der Waals surface area contributed by atoms with Crippen molar-refractivity contribution in [1.29, 1.82) is 0 Å². The number of nitrogens with one attached hydrogen (secondary N) is 2. The van der Waals surface area contributed by atoms with Crippen LogP contribution in [0.2, 0.25) is 0 Å². The molecule has 2 aliphatic rings. The molecule has 3 aromatic carbocycles. The lowest BCUT2D eigenvalue weighted by molar-refractivity contribution is 0.0764. The Balaban J connectivity index is 1.67. The number of nitrogens with zero attached hydrogens (tertiary/aromatic N) is 1. The molecule has 2 N–H and O–H groups in total. The first-order valence-corrected chi connectivity index (χ1v) is 9.65. The summed E-state index contributed by atoms with van der Waals surface area (Å²) in [6.45, 7) is 4.21. The normalized spacial score (nSPS) is 17.3. The fourth-order valence-electron chi connectivity index (χ4n) is 4.90. The van der Waals surface area contributed by atoms with Crippen molar-refractivity contribution in [2.45, 2.75) is 20.0 Å². The molecule has 2 aliphatic heterocycles. The Morgan fingerprint density at radius 1 is 1.03 bits per heavy atom. The van der Waals surface area contributed by atoms with Crippen molar-refractivity contribution >= 4 is 39.5 Å². The SMILES string of the molecule is Cc1c2c(c(C)c3c1[nH]c1ccccc13)C1Nc3cccc(F)c3C(=O)N1C=C2. The second-order valence-electron chi connectivity index (χ2n) is 7.74. The highest BCUT2D eigenvalue weighted by Crippen LogP contribution is 2.44. The number of para-hydroxylation sites is 1. The zero-order chi connectivity index (χ0) is 19.9. The summed E-state index contributed by atoms with van der Waals surface area (Å²) in [6.07, 6.45) is 3.36. The molecule has 3 heterocycles. The van der Waals surface area contributed by atoms with Gasteiger partial charge in [0.05, 0.1) is 16.8 Å². The zero-order valence-corrected chi connectivity index (χ0v) is 16.0. The van der Waals surface area contributed by atoms with E-state index < -0.39 is 5.82 Å². The maximum absolute atomic E-state index is 14.3. The molecule has 0 saturated heterocycles. The summed E-state index contributed by atoms with van der Waals surface area (Å²) in [6, 6.07) is 13.0. The quantitative estimate of drug-likeness (QED) is 0.414. The van der Waals surface area contributed by atoms with E-state index in [0.29, 0.717) is 5.69 Å². The first-order valence-electron chi connectivity index (χ1n) is 9.65. The van der Waals surface area contributed by atoms with Crippen LogP contribution < -0.4 is 5.32 Å². The standard InChI is InChI=1S/C24H18FN3O/c1-12-14-10-11-28-23(27-18-9-5-7-16(25)21(18)24(28)29)20(14)13(2)19-15-6-3-4-8-17(15)26-22(12)19/h3-11,23,26-27H,1-2H3. The number of aromatic amines is 1. The number of aromatic nitrogens is 1. The van der Waals surface area contributed by atoms with Crippen LogP contribution in [-0.4, -0.2) is 15.8 Å². The van der Waals surface area contributed by atoms with Crippen LogP contribution in [0.15, 0.2) is 48.7 Å². The number of aryl methyl sites for hydroxylation is 2. The van der Waals surface area contributed by atoms with Gasteiger partial charge >= 0.3 is 0 Å². The van der Waals surface area contributed by atoms with Gasteiger partial charge in [0.25, 0.3) is 5.91 Å². The average molecular weight is 383 g/mol. The van der Waals surface area contributed by atoms with Crippen molar-refractivity contribution < 1.29 is 9.18 Å². The molecular formula is C24H18FN3O. The van der Waals surface area contributed by atoms with E-state index in [1.54, 1.807) is 23.2 Å². The monoisotopic (exact) mass is 383 g/mol. The van der Waals surface area contributed by atoms with Gasteiger partial charge in [0.2, 0.25) is 0 Å². The molecule has 0 spiro atoms. The fraction of sp³-hybridized carbons (Fsp3) is 0.125. The third kappa shape index (κ3) is 1.99. The molecule has 6 rings (SSSR count). The van der Waals surface area contributed by atoms with Crippen molar-refractivity contribution in [1.82, 2.24) is 9.88 Å². The minimum Gasteiger partial charge on any atom is -0.360 e. The minimum absolute atomic E-state index is 0.0967. The molecule has 1 atom stereocenters. The predicted octanol–water partition coefficient (Wildman–Crippen LogP) is 5.63. The molecule has 4 aromatic rings. The number of fused-ring (bicyclic) bond motifs is 7. The maximum Gasteiger partial charge on any atom is 0.264 e. The van der Waals surface area contributed by atoms with Crippen molar-refractivity contribution in [2.75, 3.05) is 5.32 Å². The number of hydrogen-bond acceptors (Lipinski definition) is 2. The van der Waals surface area contributed by atoms with Gasteiger partial charge < -0.3 is 10.3 Å². The van der Waals surface area contributed by atoms with E-state index in [4.69, 9.17) is 0 Å². The van der Waals surface area contributed by atoms with E-state index >= 15 is 0 Å². The van der Waals surface area contributed by atoms with Gasteiger partial charge in [-0.05, 0) is 54.8 Å². The van der Waals surface area contributed by atoms with Gasteiger partial charge in [0.15, 0.2) is 0 Å². The van der Waals surface area contributed by atoms with Crippen molar-refractivity contribution in [3.8, 4) is 0 Å². The van der Waals surface area contributed by atoms with Crippen LogP contribution in [0.25, 0.3) is 27.9 Å². The fourth-order valence-corrected chi connectivity index (χ4v) is 4.90. The van der Waals surface area contributed by atoms with Crippen LogP contribution in [0.3, 0.4) is 0 Å². The predicted molar refractivity (Wildman–Crippen MR) is 113 cm³/mol. The highest BCUT2D eigenvalue weighted by atomic mass is 19.1. The molecule has 5 heteroatoms. The third-order valence-electron chi connectivity index (χ3n) is 6.26. The lowest BCUT2D eigenvalue weighted by atomic mass is 9.87. The van der Waals surface area contributed by atoms with Gasteiger partial charge in [-0.1, -0.05) is 24.3 Å². The summed E-state index contributed by atoms with van der Waals surface area (Å²) in [5.74, 6) is -0.822. The number of rotatable bonds is 0. The van der Waals surface area contributed by atoms with Crippen LogP contribution >= 0.6 is 0 Å². The Morgan fingerprint density at radius 3 is 2.72 bits per heavy atom. The lowest BCUT2D eigenvalue weighted by Crippen LogP contribution is -2.42. The second kappa shape index (κ2) is 5.47. The van der Waals surface area contributed by atoms with Crippen molar-refractivity contribution in [3.05, 3.63) is 82.3 Å². The van der Waals surface area contributed by atoms with Crippen molar-refractivity contribution in [2.24, 2.45) is 0 Å². The zero-order valence-electron chi connectivity index (χ0n) is 16.0. The van der Waals surface area contributed by atoms with E-state index in [1.165, 1.54) is 16.8 Å². The van der Waals surface area contributed by atoms with E-state index in [-0.39, 0.29) is 17.6 Å². The molecule has 1 unspecified atom stereocenters. The highest BCUT2D eigenvalue weighted by molar-refractivity contribution is 6.12. The van der Waals surface area contributed by atoms with Gasteiger partial charge in [0, 0.05) is 28.1 Å². The number of benzene rings is 3.